The van der Waals surface area contributed by atoms with Crippen LogP contribution in [0.1, 0.15) is 98.9 Å². The zero-order valence-corrected chi connectivity index (χ0v) is 20.4. The van der Waals surface area contributed by atoms with Gasteiger partial charge in [0.2, 0.25) is 0 Å². The van der Waals surface area contributed by atoms with Gasteiger partial charge in [-0.25, -0.2) is 4.79 Å². The molecule has 2 N–H and O–H groups in total. The standard InChI is InChI=1S/C29H38O3S/c30-27-21(29(31)32)7-8-25(26(27)22-12-15-1-4-18(22)9-15)33-28(23-13-16-2-5-19(23)10-16)24-14-17-3-6-20(24)11-17/h7-8,15-20,22-24,28,30H,1-6,9-14H2,(H,31,32). The van der Waals surface area contributed by atoms with Crippen LogP contribution in [0.2, 0.25) is 0 Å². The third kappa shape index (κ3) is 3.40. The normalized spacial score (nSPS) is 43.6. The summed E-state index contributed by atoms with van der Waals surface area (Å²) in [5, 5.41) is 21.7. The van der Waals surface area contributed by atoms with E-state index < -0.39 is 5.97 Å². The first kappa shape index (κ1) is 21.1. The molecule has 33 heavy (non-hydrogen) atoms. The summed E-state index contributed by atoms with van der Waals surface area (Å²) in [6.07, 6.45) is 16.5. The number of rotatable bonds is 6. The van der Waals surface area contributed by atoms with Crippen LogP contribution in [0.3, 0.4) is 0 Å². The van der Waals surface area contributed by atoms with Gasteiger partial charge in [0, 0.05) is 15.7 Å². The monoisotopic (exact) mass is 466 g/mol. The predicted molar refractivity (Wildman–Crippen MR) is 131 cm³/mol. The van der Waals surface area contributed by atoms with Crippen molar-refractivity contribution in [3.8, 4) is 5.75 Å². The SMILES string of the molecule is O=C(O)c1ccc(SC(C2CC3CCC2C3)C2CC3CCC2C3)c(C2CC3CCC2C3)c1O. The molecule has 6 aliphatic rings. The van der Waals surface area contributed by atoms with Gasteiger partial charge < -0.3 is 10.2 Å². The lowest BCUT2D eigenvalue weighted by Gasteiger charge is -2.39. The van der Waals surface area contributed by atoms with Gasteiger partial charge in [-0.3, -0.25) is 0 Å². The van der Waals surface area contributed by atoms with Crippen molar-refractivity contribution in [2.24, 2.45) is 47.3 Å². The molecular formula is C29H38O3S. The average Bonchev–Trinajstić information content (AvgIpc) is 3.64. The molecule has 6 fully saturated rings. The van der Waals surface area contributed by atoms with Crippen LogP contribution in [-0.2, 0) is 0 Å². The molecular weight excluding hydrogens is 428 g/mol. The number of carbonyl (C=O) groups is 1. The molecule has 1 aromatic rings. The number of aromatic hydroxyl groups is 1. The first-order chi connectivity index (χ1) is 16.0. The van der Waals surface area contributed by atoms with Crippen molar-refractivity contribution >= 4 is 17.7 Å². The highest BCUT2D eigenvalue weighted by Crippen LogP contribution is 2.62. The Balaban J connectivity index is 1.26. The van der Waals surface area contributed by atoms with Gasteiger partial charge in [-0.1, -0.05) is 19.3 Å². The van der Waals surface area contributed by atoms with Crippen LogP contribution in [0.4, 0.5) is 0 Å². The van der Waals surface area contributed by atoms with Crippen LogP contribution >= 0.6 is 11.8 Å². The van der Waals surface area contributed by atoms with Crippen LogP contribution in [0, 0.1) is 47.3 Å². The van der Waals surface area contributed by atoms with E-state index in [0.29, 0.717) is 17.1 Å². The van der Waals surface area contributed by atoms with Gasteiger partial charge in [-0.2, -0.15) is 0 Å². The fourth-order valence-electron chi connectivity index (χ4n) is 9.85. The van der Waals surface area contributed by atoms with Crippen molar-refractivity contribution in [3.63, 3.8) is 0 Å². The molecule has 7 rings (SSSR count). The lowest BCUT2D eigenvalue weighted by atomic mass is 9.76. The summed E-state index contributed by atoms with van der Waals surface area (Å²) in [4.78, 5) is 13.1. The second kappa shape index (κ2) is 7.93. The van der Waals surface area contributed by atoms with Gasteiger partial charge in [0.1, 0.15) is 11.3 Å². The molecule has 3 nitrogen and oxygen atoms in total. The zero-order valence-electron chi connectivity index (χ0n) is 19.6. The summed E-state index contributed by atoms with van der Waals surface area (Å²) in [5.74, 6) is 6.23. The maximum Gasteiger partial charge on any atom is 0.339 e. The van der Waals surface area contributed by atoms with E-state index in [1.165, 1.54) is 75.5 Å². The van der Waals surface area contributed by atoms with Crippen LogP contribution in [0.15, 0.2) is 17.0 Å². The Morgan fingerprint density at radius 2 is 1.36 bits per heavy atom. The van der Waals surface area contributed by atoms with Gasteiger partial charge in [0.05, 0.1) is 0 Å². The van der Waals surface area contributed by atoms with Crippen molar-refractivity contribution < 1.29 is 15.0 Å². The first-order valence-corrected chi connectivity index (χ1v) is 14.7. The van der Waals surface area contributed by atoms with Crippen LogP contribution < -0.4 is 0 Å². The number of fused-ring (bicyclic) bond motifs is 6. The number of carboxylic acid groups (broad SMARTS) is 1. The predicted octanol–water partition coefficient (Wildman–Crippen LogP) is 7.33. The van der Waals surface area contributed by atoms with E-state index >= 15 is 0 Å². The lowest BCUT2D eigenvalue weighted by Crippen LogP contribution is -2.33. The first-order valence-electron chi connectivity index (χ1n) is 13.8. The Labute approximate surface area is 202 Å². The van der Waals surface area contributed by atoms with Crippen molar-refractivity contribution in [1.82, 2.24) is 0 Å². The fourth-order valence-corrected chi connectivity index (χ4v) is 11.7. The lowest BCUT2D eigenvalue weighted by molar-refractivity contribution is 0.0693. The minimum atomic E-state index is -0.994. The highest BCUT2D eigenvalue weighted by atomic mass is 32.2. The fraction of sp³-hybridized carbons (Fsp3) is 0.759. The molecule has 6 aliphatic carbocycles. The van der Waals surface area contributed by atoms with Gasteiger partial charge in [-0.15, -0.1) is 11.8 Å². The minimum Gasteiger partial charge on any atom is -0.507 e. The molecule has 0 heterocycles. The Hall–Kier alpha value is -1.16. The summed E-state index contributed by atoms with van der Waals surface area (Å²) in [7, 11) is 0. The zero-order chi connectivity index (χ0) is 22.3. The summed E-state index contributed by atoms with van der Waals surface area (Å²) in [6, 6.07) is 3.78. The van der Waals surface area contributed by atoms with E-state index in [1.807, 2.05) is 0 Å². The van der Waals surface area contributed by atoms with E-state index in [1.54, 1.807) is 6.07 Å². The summed E-state index contributed by atoms with van der Waals surface area (Å²) < 4.78 is 0. The second-order valence-corrected chi connectivity index (χ2v) is 13.9. The highest BCUT2D eigenvalue weighted by molar-refractivity contribution is 8.00. The van der Waals surface area contributed by atoms with Gasteiger partial charge in [-0.05, 0) is 123 Å². The van der Waals surface area contributed by atoms with Crippen LogP contribution in [0.5, 0.6) is 5.75 Å². The van der Waals surface area contributed by atoms with E-state index in [4.69, 9.17) is 0 Å². The summed E-state index contributed by atoms with van der Waals surface area (Å²) in [5.41, 5.74) is 1.12. The Morgan fingerprint density at radius 3 is 1.82 bits per heavy atom. The van der Waals surface area contributed by atoms with Crippen LogP contribution in [-0.4, -0.2) is 21.4 Å². The van der Waals surface area contributed by atoms with Gasteiger partial charge >= 0.3 is 5.97 Å². The molecule has 9 unspecified atom stereocenters. The van der Waals surface area contributed by atoms with Crippen molar-refractivity contribution in [2.45, 2.75) is 93.1 Å². The molecule has 0 aliphatic heterocycles. The number of hydrogen-bond acceptors (Lipinski definition) is 3. The van der Waals surface area contributed by atoms with E-state index in [9.17, 15) is 15.0 Å². The van der Waals surface area contributed by atoms with E-state index in [2.05, 4.69) is 17.8 Å². The second-order valence-electron chi connectivity index (χ2n) is 12.7. The number of phenols is 1. The number of carboxylic acids is 1. The third-order valence-corrected chi connectivity index (χ3v) is 12.8. The Morgan fingerprint density at radius 1 is 0.788 bits per heavy atom. The summed E-state index contributed by atoms with van der Waals surface area (Å²) >= 11 is 2.09. The number of aromatic carboxylic acids is 1. The quantitative estimate of drug-likeness (QED) is 0.431. The molecule has 0 saturated heterocycles. The molecule has 0 radical (unpaired) electrons. The molecule has 0 amide bonds. The molecule has 4 heteroatoms. The Bertz CT molecular complexity index is 930. The third-order valence-electron chi connectivity index (χ3n) is 11.2. The highest BCUT2D eigenvalue weighted by Gasteiger charge is 2.51. The molecule has 0 spiro atoms. The number of benzene rings is 1. The van der Waals surface area contributed by atoms with Crippen LogP contribution in [0.25, 0.3) is 0 Å². The van der Waals surface area contributed by atoms with Gasteiger partial charge in [0.25, 0.3) is 0 Å². The molecule has 6 bridgehead atoms. The van der Waals surface area contributed by atoms with Crippen molar-refractivity contribution in [1.29, 1.82) is 0 Å². The average molecular weight is 467 g/mol. The summed E-state index contributed by atoms with van der Waals surface area (Å²) in [6.45, 7) is 0. The van der Waals surface area contributed by atoms with Crippen molar-refractivity contribution in [2.75, 3.05) is 0 Å². The molecule has 1 aromatic carbocycles. The number of thioether (sulfide) groups is 1. The van der Waals surface area contributed by atoms with E-state index in [-0.39, 0.29) is 11.3 Å². The largest absolute Gasteiger partial charge is 0.507 e. The molecule has 6 saturated carbocycles. The topological polar surface area (TPSA) is 57.5 Å². The maximum absolute atomic E-state index is 11.9. The minimum absolute atomic E-state index is 0.0877. The Kier molecular flexibility index (Phi) is 5.08. The molecule has 178 valence electrons. The smallest absolute Gasteiger partial charge is 0.339 e. The van der Waals surface area contributed by atoms with Crippen molar-refractivity contribution in [3.05, 3.63) is 23.3 Å². The molecule has 0 aromatic heterocycles. The van der Waals surface area contributed by atoms with Gasteiger partial charge in [0.15, 0.2) is 0 Å². The number of hydrogen-bond donors (Lipinski definition) is 2. The maximum atomic E-state index is 11.9. The van der Waals surface area contributed by atoms with E-state index in [0.717, 1.165) is 53.4 Å². The molecule has 9 atom stereocenters.